The van der Waals surface area contributed by atoms with E-state index in [1.54, 1.807) is 0 Å². The Labute approximate surface area is 132 Å². The van der Waals surface area contributed by atoms with Crippen molar-refractivity contribution in [1.29, 1.82) is 5.41 Å². The van der Waals surface area contributed by atoms with E-state index in [2.05, 4.69) is 5.32 Å². The number of benzene rings is 1. The first kappa shape index (κ1) is 15.7. The van der Waals surface area contributed by atoms with Crippen molar-refractivity contribution in [2.24, 2.45) is 0 Å². The monoisotopic (exact) mass is 342 g/mol. The molecule has 2 fully saturated rings. The fourth-order valence-electron chi connectivity index (χ4n) is 3.26. The van der Waals surface area contributed by atoms with Gasteiger partial charge >= 0.3 is 0 Å². The smallest absolute Gasteiger partial charge is 0.269 e. The van der Waals surface area contributed by atoms with Crippen molar-refractivity contribution in [1.82, 2.24) is 9.62 Å². The summed E-state index contributed by atoms with van der Waals surface area (Å²) in [6, 6.07) is 3.01. The van der Waals surface area contributed by atoms with Crippen LogP contribution < -0.4 is 5.32 Å². The molecule has 1 aliphatic carbocycles. The van der Waals surface area contributed by atoms with Crippen molar-refractivity contribution in [3.63, 3.8) is 0 Å². The Kier molecular flexibility index (Phi) is 3.00. The van der Waals surface area contributed by atoms with Gasteiger partial charge in [-0.3, -0.25) is 15.5 Å². The van der Waals surface area contributed by atoms with Crippen LogP contribution in [0.2, 0.25) is 0 Å². The first-order chi connectivity index (χ1) is 10.6. The van der Waals surface area contributed by atoms with Gasteiger partial charge in [-0.15, -0.1) is 0 Å². The Hall–Kier alpha value is -2.23. The first-order valence-electron chi connectivity index (χ1n) is 6.86. The third kappa shape index (κ3) is 1.81. The zero-order chi connectivity index (χ0) is 17.2. The van der Waals surface area contributed by atoms with Gasteiger partial charge in [-0.2, -0.15) is 0 Å². The number of halogens is 1. The maximum Gasteiger partial charge on any atom is 0.269 e. The summed E-state index contributed by atoms with van der Waals surface area (Å²) in [5.41, 5.74) is -1.90. The summed E-state index contributed by atoms with van der Waals surface area (Å²) in [6.45, 7) is 1.47. The molecule has 0 unspecified atom stereocenters. The molecule has 0 amide bonds. The van der Waals surface area contributed by atoms with Crippen molar-refractivity contribution in [3.8, 4) is 0 Å². The normalized spacial score (nSPS) is 27.6. The van der Waals surface area contributed by atoms with Crippen LogP contribution in [-0.4, -0.2) is 35.4 Å². The van der Waals surface area contributed by atoms with E-state index in [0.29, 0.717) is 12.8 Å². The van der Waals surface area contributed by atoms with Gasteiger partial charge in [0.25, 0.3) is 5.69 Å². The van der Waals surface area contributed by atoms with Crippen LogP contribution in [-0.2, 0) is 15.6 Å². The SMILES string of the molecule is CN1C(=N)N[C@](C)(c2cc([N+](=O)[O-])ccc2F)C2(CC2)S1(=O)=O. The van der Waals surface area contributed by atoms with Gasteiger partial charge in [0.2, 0.25) is 16.0 Å². The average molecular weight is 342 g/mol. The van der Waals surface area contributed by atoms with Gasteiger partial charge in [0.15, 0.2) is 0 Å². The van der Waals surface area contributed by atoms with Gasteiger partial charge in [0.05, 0.1) is 10.5 Å². The molecule has 10 heteroatoms. The molecule has 0 radical (unpaired) electrons. The van der Waals surface area contributed by atoms with Crippen molar-refractivity contribution in [2.75, 3.05) is 7.05 Å². The summed E-state index contributed by atoms with van der Waals surface area (Å²) in [7, 11) is -2.62. The minimum atomic E-state index is -3.87. The lowest BCUT2D eigenvalue weighted by molar-refractivity contribution is -0.385. The number of nitro groups is 1. The van der Waals surface area contributed by atoms with E-state index >= 15 is 0 Å². The van der Waals surface area contributed by atoms with Gasteiger partial charge in [0, 0.05) is 24.7 Å². The number of non-ortho nitro benzene ring substituents is 1. The Morgan fingerprint density at radius 3 is 2.57 bits per heavy atom. The van der Waals surface area contributed by atoms with Gasteiger partial charge in [-0.05, 0) is 25.8 Å². The third-order valence-electron chi connectivity index (χ3n) is 4.85. The van der Waals surface area contributed by atoms with Crippen LogP contribution in [0.4, 0.5) is 10.1 Å². The van der Waals surface area contributed by atoms with E-state index in [4.69, 9.17) is 5.41 Å². The molecule has 124 valence electrons. The summed E-state index contributed by atoms with van der Waals surface area (Å²) in [5, 5.41) is 21.6. The average Bonchev–Trinajstić information content (AvgIpc) is 3.27. The number of nitrogens with zero attached hydrogens (tertiary/aromatic N) is 2. The summed E-state index contributed by atoms with van der Waals surface area (Å²) >= 11 is 0. The van der Waals surface area contributed by atoms with Gasteiger partial charge < -0.3 is 5.32 Å². The van der Waals surface area contributed by atoms with E-state index in [0.717, 1.165) is 22.5 Å². The summed E-state index contributed by atoms with van der Waals surface area (Å²) < 4.78 is 39.3. The highest BCUT2D eigenvalue weighted by atomic mass is 32.2. The van der Waals surface area contributed by atoms with Crippen LogP contribution >= 0.6 is 0 Å². The molecule has 1 heterocycles. The Morgan fingerprint density at radius 1 is 1.43 bits per heavy atom. The quantitative estimate of drug-likeness (QED) is 0.620. The number of hydrogen-bond donors (Lipinski definition) is 2. The third-order valence-corrected chi connectivity index (χ3v) is 7.56. The van der Waals surface area contributed by atoms with Crippen LogP contribution in [0.3, 0.4) is 0 Å². The Morgan fingerprint density at radius 2 is 2.04 bits per heavy atom. The number of hydrogen-bond acceptors (Lipinski definition) is 5. The Balaban J connectivity index is 2.24. The van der Waals surface area contributed by atoms with Gasteiger partial charge in [-0.25, -0.2) is 17.1 Å². The molecule has 1 aromatic carbocycles. The lowest BCUT2D eigenvalue weighted by Crippen LogP contribution is -2.67. The minimum absolute atomic E-state index is 0.120. The maximum absolute atomic E-state index is 14.4. The second-order valence-electron chi connectivity index (χ2n) is 5.99. The highest BCUT2D eigenvalue weighted by Crippen LogP contribution is 2.58. The summed E-state index contributed by atoms with van der Waals surface area (Å²) in [6.07, 6.45) is 0.581. The van der Waals surface area contributed by atoms with Crippen LogP contribution in [0, 0.1) is 21.3 Å². The number of nitrogens with one attached hydrogen (secondary N) is 2. The molecule has 0 aromatic heterocycles. The van der Waals surface area contributed by atoms with Crippen molar-refractivity contribution >= 4 is 21.7 Å². The van der Waals surface area contributed by atoms with Crippen molar-refractivity contribution < 1.29 is 17.7 Å². The molecule has 2 N–H and O–H groups in total. The van der Waals surface area contributed by atoms with Crippen LogP contribution in [0.25, 0.3) is 0 Å². The number of rotatable bonds is 2. The fraction of sp³-hybridized carbons (Fsp3) is 0.462. The van der Waals surface area contributed by atoms with Crippen molar-refractivity contribution in [3.05, 3.63) is 39.7 Å². The predicted molar refractivity (Wildman–Crippen MR) is 79.9 cm³/mol. The second-order valence-corrected chi connectivity index (χ2v) is 8.27. The van der Waals surface area contributed by atoms with Gasteiger partial charge in [-0.1, -0.05) is 0 Å². The van der Waals surface area contributed by atoms with Gasteiger partial charge in [0.1, 0.15) is 10.6 Å². The standard InChI is InChI=1S/C13H15FN4O4S/c1-12(9-7-8(18(19)20)3-4-10(9)14)13(5-6-13)23(21,22)17(2)11(15)16-12/h3-4,7H,5-6H2,1-2H3,(H2,15,16)/t12-/m1/s1. The van der Waals surface area contributed by atoms with E-state index in [-0.39, 0.29) is 11.3 Å². The second kappa shape index (κ2) is 4.40. The van der Waals surface area contributed by atoms with E-state index < -0.39 is 37.0 Å². The molecule has 0 bridgehead atoms. The predicted octanol–water partition coefficient (Wildman–Crippen LogP) is 1.28. The first-order valence-corrected chi connectivity index (χ1v) is 8.30. The molecule has 1 saturated carbocycles. The largest absolute Gasteiger partial charge is 0.345 e. The lowest BCUT2D eigenvalue weighted by atomic mass is 9.85. The number of sulfonamides is 1. The topological polar surface area (TPSA) is 116 Å². The van der Waals surface area contributed by atoms with E-state index in [9.17, 15) is 22.9 Å². The van der Waals surface area contributed by atoms with Crippen molar-refractivity contribution in [2.45, 2.75) is 30.1 Å². The molecule has 3 rings (SSSR count). The molecule has 1 saturated heterocycles. The lowest BCUT2D eigenvalue weighted by Gasteiger charge is -2.46. The number of nitro benzene ring substituents is 1. The summed E-state index contributed by atoms with van der Waals surface area (Å²) in [5.74, 6) is -1.14. The molecule has 1 atom stereocenters. The minimum Gasteiger partial charge on any atom is -0.345 e. The number of guanidine groups is 1. The van der Waals surface area contributed by atoms with E-state index in [1.807, 2.05) is 0 Å². The molecular formula is C13H15FN4O4S. The van der Waals surface area contributed by atoms with E-state index in [1.165, 1.54) is 14.0 Å². The molecule has 2 aliphatic rings. The molecular weight excluding hydrogens is 327 g/mol. The van der Waals surface area contributed by atoms with Crippen LogP contribution in [0.15, 0.2) is 18.2 Å². The van der Waals surface area contributed by atoms with Crippen LogP contribution in [0.5, 0.6) is 0 Å². The zero-order valence-corrected chi connectivity index (χ0v) is 13.3. The molecule has 8 nitrogen and oxygen atoms in total. The highest BCUT2D eigenvalue weighted by molar-refractivity contribution is 7.91. The summed E-state index contributed by atoms with van der Waals surface area (Å²) in [4.78, 5) is 10.3. The highest BCUT2D eigenvalue weighted by Gasteiger charge is 2.71. The Bertz CT molecular complexity index is 836. The maximum atomic E-state index is 14.4. The zero-order valence-electron chi connectivity index (χ0n) is 12.5. The fourth-order valence-corrected chi connectivity index (χ4v) is 5.37. The molecule has 23 heavy (non-hydrogen) atoms. The molecule has 1 aromatic rings. The molecule has 1 aliphatic heterocycles. The molecule has 1 spiro atoms. The van der Waals surface area contributed by atoms with Crippen LogP contribution in [0.1, 0.15) is 25.3 Å².